The quantitative estimate of drug-likeness (QED) is 0.749. The lowest BCUT2D eigenvalue weighted by Crippen LogP contribution is -2.21. The third-order valence-corrected chi connectivity index (χ3v) is 5.04. The van der Waals surface area contributed by atoms with E-state index in [0.29, 0.717) is 15.9 Å². The fourth-order valence-corrected chi connectivity index (χ4v) is 3.80. The van der Waals surface area contributed by atoms with Gasteiger partial charge in [-0.2, -0.15) is 0 Å². The summed E-state index contributed by atoms with van der Waals surface area (Å²) in [6.45, 7) is 0. The summed E-state index contributed by atoms with van der Waals surface area (Å²) in [6, 6.07) is 7.38. The number of thioether (sulfide) groups is 2. The smallest absolute Gasteiger partial charge is 0.254 e. The topological polar surface area (TPSA) is 45.0 Å². The highest BCUT2D eigenvalue weighted by Gasteiger charge is 2.38. The van der Waals surface area contributed by atoms with E-state index in [2.05, 4.69) is 10.1 Å². The Labute approximate surface area is 117 Å². The number of benzene rings is 1. The molecule has 1 saturated heterocycles. The first-order valence-corrected chi connectivity index (χ1v) is 7.51. The van der Waals surface area contributed by atoms with Gasteiger partial charge in [0.15, 0.2) is 4.71 Å². The third-order valence-electron chi connectivity index (χ3n) is 2.40. The zero-order valence-corrected chi connectivity index (χ0v) is 11.5. The first-order chi connectivity index (χ1) is 8.72. The van der Waals surface area contributed by atoms with Gasteiger partial charge in [0, 0.05) is 11.2 Å². The molecular weight excluding hydrogens is 290 g/mol. The van der Waals surface area contributed by atoms with Gasteiger partial charge in [0.2, 0.25) is 5.17 Å². The van der Waals surface area contributed by atoms with Crippen molar-refractivity contribution in [3.05, 3.63) is 34.9 Å². The van der Waals surface area contributed by atoms with Gasteiger partial charge in [-0.3, -0.25) is 4.79 Å². The number of carbonyl (C=O) groups is 1. The molecule has 1 fully saturated rings. The predicted octanol–water partition coefficient (Wildman–Crippen LogP) is 2.64. The van der Waals surface area contributed by atoms with E-state index >= 15 is 0 Å². The maximum Gasteiger partial charge on any atom is 0.254 e. The Bertz CT molecular complexity index is 544. The first-order valence-electron chi connectivity index (χ1n) is 5.21. The number of nitrogens with zero attached hydrogens (tertiary/aromatic N) is 3. The van der Waals surface area contributed by atoms with Crippen LogP contribution >= 0.6 is 35.1 Å². The number of hydrazone groups is 1. The molecule has 0 bridgehead atoms. The number of halogens is 1. The Morgan fingerprint density at radius 3 is 2.94 bits per heavy atom. The molecule has 0 aliphatic carbocycles. The highest BCUT2D eigenvalue weighted by atomic mass is 35.5. The van der Waals surface area contributed by atoms with Crippen LogP contribution in [0.1, 0.15) is 5.56 Å². The summed E-state index contributed by atoms with van der Waals surface area (Å²) in [5.74, 6) is 0.559. The molecule has 1 amide bonds. The molecule has 0 spiro atoms. The van der Waals surface area contributed by atoms with Gasteiger partial charge >= 0.3 is 0 Å². The Hall–Kier alpha value is -0.980. The Balaban J connectivity index is 1.72. The van der Waals surface area contributed by atoms with Crippen molar-refractivity contribution in [1.82, 2.24) is 5.01 Å². The zero-order valence-electron chi connectivity index (χ0n) is 9.12. The maximum absolute atomic E-state index is 11.4. The molecule has 1 aromatic carbocycles. The summed E-state index contributed by atoms with van der Waals surface area (Å²) in [6.07, 6.45) is 1.72. The number of fused-ring (bicyclic) bond motifs is 1. The number of rotatable bonds is 1. The van der Waals surface area contributed by atoms with Crippen LogP contribution in [-0.2, 0) is 4.79 Å². The van der Waals surface area contributed by atoms with Crippen LogP contribution in [0, 0.1) is 0 Å². The molecule has 92 valence electrons. The van der Waals surface area contributed by atoms with Gasteiger partial charge in [-0.1, -0.05) is 23.7 Å². The van der Waals surface area contributed by atoms with Crippen molar-refractivity contribution in [3.8, 4) is 0 Å². The molecule has 1 unspecified atom stereocenters. The Kier molecular flexibility index (Phi) is 3.32. The molecule has 3 rings (SSSR count). The van der Waals surface area contributed by atoms with E-state index in [1.165, 1.54) is 16.8 Å². The molecule has 1 aromatic rings. The van der Waals surface area contributed by atoms with Crippen molar-refractivity contribution in [3.63, 3.8) is 0 Å². The standard InChI is InChI=1S/C11H8ClN3OS2/c12-8-3-1-7(2-4-8)5-13-10-14-15-9(16)6-17-11(15)18-10/h1-5,11H,6H2. The lowest BCUT2D eigenvalue weighted by atomic mass is 10.2. The molecule has 7 heteroatoms. The number of hydrogen-bond acceptors (Lipinski definition) is 5. The average Bonchev–Trinajstić information content (AvgIpc) is 2.91. The van der Waals surface area contributed by atoms with Crippen LogP contribution in [0.2, 0.25) is 5.02 Å². The molecular formula is C11H8ClN3OS2. The number of hydrogen-bond donors (Lipinski definition) is 0. The average molecular weight is 298 g/mol. The Morgan fingerprint density at radius 1 is 1.44 bits per heavy atom. The first kappa shape index (κ1) is 12.1. The normalized spacial score (nSPS) is 22.7. The van der Waals surface area contributed by atoms with E-state index < -0.39 is 0 Å². The summed E-state index contributed by atoms with van der Waals surface area (Å²) < 4.78 is 0.0647. The monoisotopic (exact) mass is 297 g/mol. The Morgan fingerprint density at radius 2 is 2.22 bits per heavy atom. The lowest BCUT2D eigenvalue weighted by Gasteiger charge is -2.06. The van der Waals surface area contributed by atoms with E-state index in [9.17, 15) is 4.79 Å². The fourth-order valence-electron chi connectivity index (χ4n) is 1.52. The van der Waals surface area contributed by atoms with Crippen LogP contribution in [-0.4, -0.2) is 32.8 Å². The molecule has 2 aliphatic heterocycles. The number of carbonyl (C=O) groups excluding carboxylic acids is 1. The van der Waals surface area contributed by atoms with Crippen molar-refractivity contribution in [2.24, 2.45) is 10.1 Å². The van der Waals surface area contributed by atoms with Gasteiger partial charge in [0.05, 0.1) is 5.75 Å². The van der Waals surface area contributed by atoms with Gasteiger partial charge in [-0.25, -0.2) is 10.0 Å². The second kappa shape index (κ2) is 4.95. The second-order valence-corrected chi connectivity index (χ2v) is 6.52. The maximum atomic E-state index is 11.4. The summed E-state index contributed by atoms with van der Waals surface area (Å²) in [4.78, 5) is 15.7. The summed E-state index contributed by atoms with van der Waals surface area (Å²) in [7, 11) is 0. The van der Waals surface area contributed by atoms with Gasteiger partial charge in [0.1, 0.15) is 0 Å². The minimum absolute atomic E-state index is 0.0502. The van der Waals surface area contributed by atoms with Crippen LogP contribution in [0.15, 0.2) is 34.4 Å². The molecule has 0 radical (unpaired) electrons. The SMILES string of the molecule is O=C1CSC2SC(N=Cc3ccc(Cl)cc3)=NN12. The zero-order chi connectivity index (χ0) is 12.5. The van der Waals surface area contributed by atoms with E-state index in [4.69, 9.17) is 11.6 Å². The lowest BCUT2D eigenvalue weighted by molar-refractivity contribution is -0.126. The summed E-state index contributed by atoms with van der Waals surface area (Å²) in [5.41, 5.74) is 0.953. The van der Waals surface area contributed by atoms with E-state index in [1.807, 2.05) is 24.3 Å². The van der Waals surface area contributed by atoms with Gasteiger partial charge in [-0.05, 0) is 29.5 Å². The number of amidine groups is 1. The fraction of sp³-hybridized carbons (Fsp3) is 0.182. The van der Waals surface area contributed by atoms with Crippen molar-refractivity contribution in [2.75, 3.05) is 5.75 Å². The van der Waals surface area contributed by atoms with Crippen LogP contribution in [0.4, 0.5) is 0 Å². The van der Waals surface area contributed by atoms with Gasteiger partial charge in [0.25, 0.3) is 5.91 Å². The van der Waals surface area contributed by atoms with E-state index in [1.54, 1.807) is 18.0 Å². The van der Waals surface area contributed by atoms with Gasteiger partial charge < -0.3 is 0 Å². The largest absolute Gasteiger partial charge is 0.272 e. The van der Waals surface area contributed by atoms with Gasteiger partial charge in [-0.15, -0.1) is 16.9 Å². The van der Waals surface area contributed by atoms with Crippen LogP contribution in [0.25, 0.3) is 0 Å². The van der Waals surface area contributed by atoms with Crippen molar-refractivity contribution in [2.45, 2.75) is 4.71 Å². The van der Waals surface area contributed by atoms with Crippen molar-refractivity contribution < 1.29 is 4.79 Å². The van der Waals surface area contributed by atoms with Crippen LogP contribution in [0.5, 0.6) is 0 Å². The summed E-state index contributed by atoms with van der Waals surface area (Å²) >= 11 is 8.88. The minimum atomic E-state index is 0.0502. The summed E-state index contributed by atoms with van der Waals surface area (Å²) in [5, 5.41) is 7.00. The van der Waals surface area contributed by atoms with Crippen molar-refractivity contribution >= 4 is 52.4 Å². The molecule has 4 nitrogen and oxygen atoms in total. The molecule has 0 aromatic heterocycles. The molecule has 1 atom stereocenters. The minimum Gasteiger partial charge on any atom is -0.272 e. The molecule has 2 heterocycles. The van der Waals surface area contributed by atoms with Crippen LogP contribution < -0.4 is 0 Å². The van der Waals surface area contributed by atoms with E-state index in [0.717, 1.165) is 5.56 Å². The molecule has 0 saturated carbocycles. The second-order valence-electron chi connectivity index (χ2n) is 3.67. The molecule has 2 aliphatic rings. The molecule has 0 N–H and O–H groups in total. The molecule has 18 heavy (non-hydrogen) atoms. The predicted molar refractivity (Wildman–Crippen MR) is 77.2 cm³/mol. The number of amides is 1. The third kappa shape index (κ3) is 2.41. The number of aliphatic imine (C=N–C) groups is 1. The van der Waals surface area contributed by atoms with Crippen LogP contribution in [0.3, 0.4) is 0 Å². The van der Waals surface area contributed by atoms with Crippen molar-refractivity contribution in [1.29, 1.82) is 0 Å². The van der Waals surface area contributed by atoms with E-state index in [-0.39, 0.29) is 10.6 Å². The highest BCUT2D eigenvalue weighted by molar-refractivity contribution is 8.25. The highest BCUT2D eigenvalue weighted by Crippen LogP contribution is 2.39.